The molecular weight excluding hydrogens is 249 g/mol. The molecule has 0 fully saturated rings. The van der Waals surface area contributed by atoms with Crippen LogP contribution in [0.5, 0.6) is 0 Å². The molecule has 0 unspecified atom stereocenters. The van der Waals surface area contributed by atoms with E-state index < -0.39 is 11.8 Å². The van der Waals surface area contributed by atoms with Gasteiger partial charge < -0.3 is 10.4 Å². The Morgan fingerprint density at radius 3 is 2.63 bits per heavy atom. The highest BCUT2D eigenvalue weighted by molar-refractivity contribution is 5.94. The summed E-state index contributed by atoms with van der Waals surface area (Å²) in [5, 5.41) is 11.4. The van der Waals surface area contributed by atoms with Gasteiger partial charge in [-0.3, -0.25) is 9.59 Å². The Labute approximate surface area is 111 Å². The van der Waals surface area contributed by atoms with Gasteiger partial charge in [0, 0.05) is 18.5 Å². The van der Waals surface area contributed by atoms with Gasteiger partial charge in [-0.1, -0.05) is 6.42 Å². The van der Waals surface area contributed by atoms with Gasteiger partial charge in [0.2, 0.25) is 0 Å². The molecule has 2 N–H and O–H groups in total. The van der Waals surface area contributed by atoms with Gasteiger partial charge >= 0.3 is 5.97 Å². The van der Waals surface area contributed by atoms with Crippen molar-refractivity contribution in [3.63, 3.8) is 0 Å². The molecule has 1 aromatic carbocycles. The number of ketones is 1. The number of rotatable bonds is 8. The highest BCUT2D eigenvalue weighted by Gasteiger charge is 2.06. The number of nitrogens with one attached hydrogen (secondary N) is 1. The zero-order chi connectivity index (χ0) is 14.3. The molecule has 0 aliphatic carbocycles. The minimum absolute atomic E-state index is 0.107. The van der Waals surface area contributed by atoms with Crippen molar-refractivity contribution < 1.29 is 19.1 Å². The Balaban J connectivity index is 2.38. The van der Waals surface area contributed by atoms with E-state index in [1.54, 1.807) is 0 Å². The topological polar surface area (TPSA) is 66.4 Å². The van der Waals surface area contributed by atoms with Gasteiger partial charge in [0.25, 0.3) is 0 Å². The number of hydrogen-bond acceptors (Lipinski definition) is 3. The summed E-state index contributed by atoms with van der Waals surface area (Å²) in [5.41, 5.74) is 0.778. The maximum atomic E-state index is 13.5. The van der Waals surface area contributed by atoms with E-state index in [9.17, 15) is 14.0 Å². The number of hydrogen-bond donors (Lipinski definition) is 2. The van der Waals surface area contributed by atoms with E-state index in [1.807, 2.05) is 0 Å². The monoisotopic (exact) mass is 267 g/mol. The third-order valence-electron chi connectivity index (χ3n) is 2.76. The summed E-state index contributed by atoms with van der Waals surface area (Å²) in [7, 11) is 0. The summed E-state index contributed by atoms with van der Waals surface area (Å²) >= 11 is 0. The summed E-state index contributed by atoms with van der Waals surface area (Å²) in [6, 6.07) is 4.22. The number of anilines is 1. The average Bonchev–Trinajstić information content (AvgIpc) is 2.34. The molecule has 0 heterocycles. The molecule has 0 atom stereocenters. The third-order valence-corrected chi connectivity index (χ3v) is 2.76. The molecular formula is C14H18FNO3. The molecule has 0 aliphatic rings. The molecule has 1 aromatic rings. The van der Waals surface area contributed by atoms with Gasteiger partial charge in [0.05, 0.1) is 5.69 Å². The zero-order valence-electron chi connectivity index (χ0n) is 10.9. The summed E-state index contributed by atoms with van der Waals surface area (Å²) < 4.78 is 13.5. The number of carboxylic acid groups (broad SMARTS) is 1. The fourth-order valence-corrected chi connectivity index (χ4v) is 1.68. The summed E-state index contributed by atoms with van der Waals surface area (Å²) in [4.78, 5) is 21.5. The van der Waals surface area contributed by atoms with E-state index in [0.29, 0.717) is 24.2 Å². The molecule has 0 saturated heterocycles. The highest BCUT2D eigenvalue weighted by Crippen LogP contribution is 2.16. The van der Waals surface area contributed by atoms with Crippen LogP contribution in [-0.4, -0.2) is 23.4 Å². The first kappa shape index (κ1) is 15.1. The Morgan fingerprint density at radius 1 is 1.26 bits per heavy atom. The third kappa shape index (κ3) is 5.50. The van der Waals surface area contributed by atoms with Gasteiger partial charge in [-0.15, -0.1) is 0 Å². The van der Waals surface area contributed by atoms with Crippen molar-refractivity contribution in [3.05, 3.63) is 29.6 Å². The number of carboxylic acids is 1. The smallest absolute Gasteiger partial charge is 0.303 e. The summed E-state index contributed by atoms with van der Waals surface area (Å²) in [6.45, 7) is 1.99. The largest absolute Gasteiger partial charge is 0.481 e. The number of halogens is 1. The van der Waals surface area contributed by atoms with Crippen LogP contribution in [-0.2, 0) is 4.79 Å². The molecule has 1 rings (SSSR count). The van der Waals surface area contributed by atoms with E-state index in [1.165, 1.54) is 25.1 Å². The van der Waals surface area contributed by atoms with Crippen LogP contribution in [0.3, 0.4) is 0 Å². The van der Waals surface area contributed by atoms with Gasteiger partial charge in [0.15, 0.2) is 5.78 Å². The van der Waals surface area contributed by atoms with Gasteiger partial charge in [-0.2, -0.15) is 0 Å². The molecule has 0 aromatic heterocycles. The minimum Gasteiger partial charge on any atom is -0.481 e. The number of Topliss-reactive ketones (excluding diaryl/α,β-unsaturated/α-hetero) is 1. The van der Waals surface area contributed by atoms with Crippen LogP contribution in [0.4, 0.5) is 10.1 Å². The standard InChI is InChI=1S/C14H18FNO3/c1-10(17)11-6-7-12(15)13(9-11)16-8-4-2-3-5-14(18)19/h6-7,9,16H,2-5,8H2,1H3,(H,18,19). The van der Waals surface area contributed by atoms with E-state index in [-0.39, 0.29) is 12.2 Å². The highest BCUT2D eigenvalue weighted by atomic mass is 19.1. The van der Waals surface area contributed by atoms with E-state index in [0.717, 1.165) is 12.8 Å². The maximum absolute atomic E-state index is 13.5. The van der Waals surface area contributed by atoms with Crippen LogP contribution in [0, 0.1) is 5.82 Å². The molecule has 0 saturated carbocycles. The molecule has 0 amide bonds. The van der Waals surface area contributed by atoms with Crippen LogP contribution in [0.25, 0.3) is 0 Å². The van der Waals surface area contributed by atoms with Crippen LogP contribution >= 0.6 is 0 Å². The van der Waals surface area contributed by atoms with Crippen molar-refractivity contribution in [3.8, 4) is 0 Å². The van der Waals surface area contributed by atoms with Crippen molar-refractivity contribution in [2.24, 2.45) is 0 Å². The zero-order valence-corrected chi connectivity index (χ0v) is 10.9. The predicted octanol–water partition coefficient (Wildman–Crippen LogP) is 3.09. The Kier molecular flexibility index (Phi) is 5.99. The molecule has 0 spiro atoms. The predicted molar refractivity (Wildman–Crippen MR) is 71.0 cm³/mol. The van der Waals surface area contributed by atoms with Crippen molar-refractivity contribution in [1.29, 1.82) is 0 Å². The lowest BCUT2D eigenvalue weighted by Gasteiger charge is -2.08. The van der Waals surface area contributed by atoms with Crippen molar-refractivity contribution in [2.45, 2.75) is 32.6 Å². The molecule has 5 heteroatoms. The number of benzene rings is 1. The van der Waals surface area contributed by atoms with Crippen molar-refractivity contribution in [1.82, 2.24) is 0 Å². The second-order valence-electron chi connectivity index (χ2n) is 4.38. The molecule has 4 nitrogen and oxygen atoms in total. The molecule has 0 aliphatic heterocycles. The lowest BCUT2D eigenvalue weighted by molar-refractivity contribution is -0.137. The second kappa shape index (κ2) is 7.51. The SMILES string of the molecule is CC(=O)c1ccc(F)c(NCCCCCC(=O)O)c1. The van der Waals surface area contributed by atoms with E-state index in [4.69, 9.17) is 5.11 Å². The van der Waals surface area contributed by atoms with Crippen LogP contribution in [0.15, 0.2) is 18.2 Å². The van der Waals surface area contributed by atoms with E-state index >= 15 is 0 Å². The quantitative estimate of drug-likeness (QED) is 0.561. The Hall–Kier alpha value is -1.91. The number of carbonyl (C=O) groups is 2. The Bertz CT molecular complexity index is 460. The number of carbonyl (C=O) groups excluding carboxylic acids is 1. The fraction of sp³-hybridized carbons (Fsp3) is 0.429. The van der Waals surface area contributed by atoms with Gasteiger partial charge in [-0.25, -0.2) is 4.39 Å². The molecule has 104 valence electrons. The van der Waals surface area contributed by atoms with Crippen LogP contribution < -0.4 is 5.32 Å². The Morgan fingerprint density at radius 2 is 2.00 bits per heavy atom. The second-order valence-corrected chi connectivity index (χ2v) is 4.38. The van der Waals surface area contributed by atoms with Crippen molar-refractivity contribution in [2.75, 3.05) is 11.9 Å². The van der Waals surface area contributed by atoms with Crippen LogP contribution in [0.2, 0.25) is 0 Å². The fourth-order valence-electron chi connectivity index (χ4n) is 1.68. The number of unbranched alkanes of at least 4 members (excludes halogenated alkanes) is 2. The first-order valence-electron chi connectivity index (χ1n) is 6.27. The molecule has 0 bridgehead atoms. The first-order chi connectivity index (χ1) is 9.00. The van der Waals surface area contributed by atoms with Gasteiger partial charge in [-0.05, 0) is 38.0 Å². The van der Waals surface area contributed by atoms with Crippen molar-refractivity contribution >= 4 is 17.4 Å². The van der Waals surface area contributed by atoms with Gasteiger partial charge in [0.1, 0.15) is 5.82 Å². The molecule has 19 heavy (non-hydrogen) atoms. The summed E-state index contributed by atoms with van der Waals surface area (Å²) in [6.07, 6.45) is 2.31. The first-order valence-corrected chi connectivity index (χ1v) is 6.27. The molecule has 0 radical (unpaired) electrons. The van der Waals surface area contributed by atoms with E-state index in [2.05, 4.69) is 5.32 Å². The van der Waals surface area contributed by atoms with Crippen LogP contribution in [0.1, 0.15) is 43.0 Å². The minimum atomic E-state index is -0.798. The number of aliphatic carboxylic acids is 1. The normalized spacial score (nSPS) is 10.2. The maximum Gasteiger partial charge on any atom is 0.303 e. The average molecular weight is 267 g/mol. The lowest BCUT2D eigenvalue weighted by Crippen LogP contribution is -2.05. The summed E-state index contributed by atoms with van der Waals surface area (Å²) in [5.74, 6) is -1.30. The lowest BCUT2D eigenvalue weighted by atomic mass is 10.1.